The molecule has 1 aliphatic rings. The minimum atomic E-state index is -0.242. The number of hydrogen-bond acceptors (Lipinski definition) is 2. The van der Waals surface area contributed by atoms with Gasteiger partial charge >= 0.3 is 0 Å². The van der Waals surface area contributed by atoms with Gasteiger partial charge in [-0.1, -0.05) is 24.1 Å². The van der Waals surface area contributed by atoms with Crippen LogP contribution in [0.5, 0.6) is 0 Å². The number of nitrogens with one attached hydrogen (secondary N) is 1. The van der Waals surface area contributed by atoms with Crippen LogP contribution in [0.4, 0.5) is 4.39 Å². The van der Waals surface area contributed by atoms with Crippen LogP contribution in [-0.4, -0.2) is 29.9 Å². The van der Waals surface area contributed by atoms with Crippen molar-refractivity contribution < 1.29 is 9.18 Å². The first-order valence-electron chi connectivity index (χ1n) is 7.48. The van der Waals surface area contributed by atoms with Gasteiger partial charge in [-0.25, -0.2) is 4.39 Å². The number of halogens is 2. The van der Waals surface area contributed by atoms with Gasteiger partial charge < -0.3 is 5.32 Å². The van der Waals surface area contributed by atoms with E-state index >= 15 is 0 Å². The van der Waals surface area contributed by atoms with Crippen LogP contribution < -0.4 is 5.32 Å². The van der Waals surface area contributed by atoms with E-state index in [1.165, 1.54) is 19.4 Å². The minimum absolute atomic E-state index is 0.00102. The summed E-state index contributed by atoms with van der Waals surface area (Å²) in [5, 5.41) is 3.27. The predicted molar refractivity (Wildman–Crippen MR) is 82.8 cm³/mol. The Hall–Kier alpha value is -1.13. The number of likely N-dealkylation sites (tertiary alicyclic amines) is 1. The molecule has 1 fully saturated rings. The molecule has 1 saturated heterocycles. The molecule has 116 valence electrons. The summed E-state index contributed by atoms with van der Waals surface area (Å²) in [5.74, 6) is -0.241. The Balaban J connectivity index is 1.96. The molecule has 0 radical (unpaired) electrons. The second-order valence-corrected chi connectivity index (χ2v) is 6.06. The third-order valence-corrected chi connectivity index (χ3v) is 4.22. The van der Waals surface area contributed by atoms with Crippen LogP contribution >= 0.6 is 11.6 Å². The van der Waals surface area contributed by atoms with Gasteiger partial charge in [0.05, 0.1) is 0 Å². The van der Waals surface area contributed by atoms with Gasteiger partial charge in [0.1, 0.15) is 5.82 Å². The highest BCUT2D eigenvalue weighted by Crippen LogP contribution is 2.23. The molecule has 21 heavy (non-hydrogen) atoms. The summed E-state index contributed by atoms with van der Waals surface area (Å²) >= 11 is 5.79. The van der Waals surface area contributed by atoms with Gasteiger partial charge in [0, 0.05) is 36.6 Å². The normalized spacial score (nSPS) is 19.5. The van der Waals surface area contributed by atoms with Crippen LogP contribution in [-0.2, 0) is 11.3 Å². The summed E-state index contributed by atoms with van der Waals surface area (Å²) in [6.07, 6.45) is 4.36. The number of carbonyl (C=O) groups excluding carboxylic acids is 1. The zero-order valence-corrected chi connectivity index (χ0v) is 13.1. The van der Waals surface area contributed by atoms with E-state index in [0.29, 0.717) is 29.7 Å². The molecule has 0 aromatic heterocycles. The van der Waals surface area contributed by atoms with Crippen molar-refractivity contribution in [3.05, 3.63) is 34.6 Å². The summed E-state index contributed by atoms with van der Waals surface area (Å²) in [6, 6.07) is 5.27. The average Bonchev–Trinajstić information content (AvgIpc) is 2.43. The molecule has 0 spiro atoms. The third kappa shape index (κ3) is 4.97. The summed E-state index contributed by atoms with van der Waals surface area (Å²) in [7, 11) is 0. The van der Waals surface area contributed by atoms with Crippen molar-refractivity contribution in [1.29, 1.82) is 0 Å². The monoisotopic (exact) mass is 312 g/mol. The van der Waals surface area contributed by atoms with Gasteiger partial charge in [-0.15, -0.1) is 0 Å². The maximum absolute atomic E-state index is 13.9. The van der Waals surface area contributed by atoms with Crippen LogP contribution in [0, 0.1) is 5.82 Å². The molecule has 1 aliphatic heterocycles. The first-order chi connectivity index (χ1) is 10.1. The second-order valence-electron chi connectivity index (χ2n) is 5.63. The van der Waals surface area contributed by atoms with E-state index < -0.39 is 0 Å². The van der Waals surface area contributed by atoms with E-state index in [-0.39, 0.29) is 11.7 Å². The number of nitrogens with zero attached hydrogens (tertiary/aromatic N) is 1. The maximum Gasteiger partial charge on any atom is 0.216 e. The average molecular weight is 313 g/mol. The fraction of sp³-hybridized carbons (Fsp3) is 0.562. The summed E-state index contributed by atoms with van der Waals surface area (Å²) in [4.78, 5) is 13.3. The van der Waals surface area contributed by atoms with Crippen LogP contribution in [0.25, 0.3) is 0 Å². The Morgan fingerprint density at radius 1 is 1.48 bits per heavy atom. The molecule has 2 rings (SSSR count). The summed E-state index contributed by atoms with van der Waals surface area (Å²) in [5.41, 5.74) is 0.686. The lowest BCUT2D eigenvalue weighted by Gasteiger charge is -2.36. The maximum atomic E-state index is 13.9. The van der Waals surface area contributed by atoms with Gasteiger partial charge in [0.25, 0.3) is 0 Å². The molecule has 0 saturated carbocycles. The van der Waals surface area contributed by atoms with Gasteiger partial charge in [-0.3, -0.25) is 9.69 Å². The van der Waals surface area contributed by atoms with Crippen molar-refractivity contribution in [2.75, 3.05) is 13.1 Å². The molecule has 1 heterocycles. The van der Waals surface area contributed by atoms with E-state index in [2.05, 4.69) is 10.2 Å². The van der Waals surface area contributed by atoms with E-state index in [1.54, 1.807) is 12.1 Å². The lowest BCUT2D eigenvalue weighted by atomic mass is 9.98. The van der Waals surface area contributed by atoms with Crippen LogP contribution in [0.15, 0.2) is 18.2 Å². The van der Waals surface area contributed by atoms with Crippen molar-refractivity contribution in [1.82, 2.24) is 10.2 Å². The van der Waals surface area contributed by atoms with E-state index in [1.807, 2.05) is 0 Å². The molecule has 1 aromatic carbocycles. The van der Waals surface area contributed by atoms with Gasteiger partial charge in [-0.2, -0.15) is 0 Å². The number of hydrogen-bond donors (Lipinski definition) is 1. The van der Waals surface area contributed by atoms with Crippen molar-refractivity contribution in [2.24, 2.45) is 0 Å². The first kappa shape index (κ1) is 16.2. The largest absolute Gasteiger partial charge is 0.356 e. The zero-order chi connectivity index (χ0) is 15.2. The standard InChI is InChI=1S/C16H22ClFN2O/c1-12(21)19-8-7-15-4-2-3-9-20(15)11-13-5-6-14(17)10-16(13)18/h5-6,10,15H,2-4,7-9,11H2,1H3,(H,19,21)/t15-/m0/s1. The highest BCUT2D eigenvalue weighted by Gasteiger charge is 2.23. The Bertz CT molecular complexity index is 495. The highest BCUT2D eigenvalue weighted by molar-refractivity contribution is 6.30. The summed E-state index contributed by atoms with van der Waals surface area (Å²) < 4.78 is 13.9. The van der Waals surface area contributed by atoms with E-state index in [9.17, 15) is 9.18 Å². The zero-order valence-electron chi connectivity index (χ0n) is 12.4. The number of benzene rings is 1. The number of carbonyl (C=O) groups is 1. The van der Waals surface area contributed by atoms with Crippen molar-refractivity contribution in [3.8, 4) is 0 Å². The Kier molecular flexibility index (Phi) is 6.00. The Morgan fingerprint density at radius 3 is 3.00 bits per heavy atom. The van der Waals surface area contributed by atoms with Gasteiger partial charge in [0.2, 0.25) is 5.91 Å². The summed E-state index contributed by atoms with van der Waals surface area (Å²) in [6.45, 7) is 3.79. The lowest BCUT2D eigenvalue weighted by Crippen LogP contribution is -2.41. The molecular formula is C16H22ClFN2O. The SMILES string of the molecule is CC(=O)NCC[C@@H]1CCCCN1Cc1ccc(Cl)cc1F. The number of piperidine rings is 1. The second kappa shape index (κ2) is 7.76. The molecule has 3 nitrogen and oxygen atoms in total. The van der Waals surface area contributed by atoms with Crippen LogP contribution in [0.2, 0.25) is 5.02 Å². The number of amides is 1. The van der Waals surface area contributed by atoms with Gasteiger partial charge in [-0.05, 0) is 37.9 Å². The quantitative estimate of drug-likeness (QED) is 0.904. The highest BCUT2D eigenvalue weighted by atomic mass is 35.5. The molecule has 1 atom stereocenters. The fourth-order valence-electron chi connectivity index (χ4n) is 2.88. The molecule has 0 bridgehead atoms. The van der Waals surface area contributed by atoms with E-state index in [4.69, 9.17) is 11.6 Å². The molecule has 5 heteroatoms. The minimum Gasteiger partial charge on any atom is -0.356 e. The van der Waals surface area contributed by atoms with Crippen LogP contribution in [0.1, 0.15) is 38.2 Å². The number of rotatable bonds is 5. The van der Waals surface area contributed by atoms with Gasteiger partial charge in [0.15, 0.2) is 0 Å². The van der Waals surface area contributed by atoms with Crippen molar-refractivity contribution in [2.45, 2.75) is 45.2 Å². The van der Waals surface area contributed by atoms with Crippen molar-refractivity contribution in [3.63, 3.8) is 0 Å². The predicted octanol–water partition coefficient (Wildman–Crippen LogP) is 3.36. The Morgan fingerprint density at radius 2 is 2.29 bits per heavy atom. The third-order valence-electron chi connectivity index (χ3n) is 3.99. The van der Waals surface area contributed by atoms with Crippen molar-refractivity contribution >= 4 is 17.5 Å². The topological polar surface area (TPSA) is 32.3 Å². The Labute approximate surface area is 130 Å². The molecule has 1 N–H and O–H groups in total. The van der Waals surface area contributed by atoms with E-state index in [0.717, 1.165) is 25.8 Å². The van der Waals surface area contributed by atoms with Crippen LogP contribution in [0.3, 0.4) is 0 Å². The molecule has 1 aromatic rings. The lowest BCUT2D eigenvalue weighted by molar-refractivity contribution is -0.119. The molecular weight excluding hydrogens is 291 g/mol. The molecule has 0 aliphatic carbocycles. The first-order valence-corrected chi connectivity index (χ1v) is 7.86. The molecule has 1 amide bonds. The smallest absolute Gasteiger partial charge is 0.216 e. The molecule has 0 unspecified atom stereocenters. The fourth-order valence-corrected chi connectivity index (χ4v) is 3.04.